The van der Waals surface area contributed by atoms with Gasteiger partial charge in [-0.25, -0.2) is 4.98 Å². The zero-order valence-corrected chi connectivity index (χ0v) is 22.4. The van der Waals surface area contributed by atoms with Crippen molar-refractivity contribution in [3.8, 4) is 16.9 Å². The van der Waals surface area contributed by atoms with Crippen LogP contribution in [0, 0.1) is 0 Å². The highest BCUT2D eigenvalue weighted by Gasteiger charge is 2.49. The van der Waals surface area contributed by atoms with E-state index in [1.807, 2.05) is 58.8 Å². The molecule has 3 aliphatic rings. The lowest BCUT2D eigenvalue weighted by atomic mass is 9.48. The van der Waals surface area contributed by atoms with E-state index in [0.717, 1.165) is 33.7 Å². The van der Waals surface area contributed by atoms with Gasteiger partial charge in [0.25, 0.3) is 5.91 Å². The topological polar surface area (TPSA) is 95.5 Å². The quantitative estimate of drug-likeness (QED) is 0.379. The number of rotatable bonds is 5. The highest BCUT2D eigenvalue weighted by Crippen LogP contribution is 2.51. The second kappa shape index (κ2) is 8.65. The Morgan fingerprint density at radius 2 is 1.88 bits per heavy atom. The van der Waals surface area contributed by atoms with Gasteiger partial charge in [-0.3, -0.25) is 9.78 Å². The summed E-state index contributed by atoms with van der Waals surface area (Å²) in [6, 6.07) is 14.0. The van der Waals surface area contributed by atoms with Gasteiger partial charge in [0.15, 0.2) is 0 Å². The van der Waals surface area contributed by atoms with Crippen LogP contribution in [0.2, 0.25) is 0 Å². The van der Waals surface area contributed by atoms with Crippen molar-refractivity contribution in [2.24, 2.45) is 5.73 Å². The standard InChI is InChI=1S/C27H26B3F2N5O3/c28-27(29,30)37-19-9-18(22-15(24(37)38)2-1-3-20(22)40-25(31)32)36-17-8-13(4-6-16(17)35-23(19)36)14-5-7-21(34-10-14)26(33)11-39-12-26/h1-8,10,18-19,25H,9,11-12,28-30,33H2/t18-,19-/m1/s1. The fraction of sp³-hybridized carbons (Fsp3) is 0.296. The van der Waals surface area contributed by atoms with E-state index >= 15 is 0 Å². The molecule has 200 valence electrons. The molecule has 1 amide bonds. The van der Waals surface area contributed by atoms with Gasteiger partial charge in [-0.15, -0.1) is 0 Å². The van der Waals surface area contributed by atoms with Crippen LogP contribution in [0.15, 0.2) is 54.7 Å². The molecule has 2 atom stereocenters. The average molecular weight is 539 g/mol. The van der Waals surface area contributed by atoms with Crippen molar-refractivity contribution in [2.75, 3.05) is 13.2 Å². The Hall–Kier alpha value is -3.70. The van der Waals surface area contributed by atoms with E-state index in [-0.39, 0.29) is 17.7 Å². The summed E-state index contributed by atoms with van der Waals surface area (Å²) in [5.74, 6) is 0.539. The maximum atomic E-state index is 13.9. The monoisotopic (exact) mass is 539 g/mol. The summed E-state index contributed by atoms with van der Waals surface area (Å²) in [7, 11) is 5.93. The molecule has 13 heteroatoms. The molecule has 3 aliphatic heterocycles. The highest BCUT2D eigenvalue weighted by atomic mass is 19.3. The number of alkyl halides is 2. The second-order valence-electron chi connectivity index (χ2n) is 11.8. The van der Waals surface area contributed by atoms with Crippen molar-refractivity contribution in [3.05, 3.63) is 77.4 Å². The summed E-state index contributed by atoms with van der Waals surface area (Å²) in [4.78, 5) is 25.3. The number of halogens is 2. The van der Waals surface area contributed by atoms with Crippen molar-refractivity contribution < 1.29 is 23.0 Å². The maximum Gasteiger partial charge on any atom is 0.387 e. The average Bonchev–Trinajstić information content (AvgIpc) is 3.39. The number of fused-ring (bicyclic) bond motifs is 9. The first-order valence-electron chi connectivity index (χ1n) is 13.3. The smallest absolute Gasteiger partial charge is 0.387 e. The molecule has 2 bridgehead atoms. The van der Waals surface area contributed by atoms with Crippen LogP contribution >= 0.6 is 0 Å². The molecule has 7 rings (SSSR count). The number of benzene rings is 2. The minimum Gasteiger partial charge on any atom is -0.434 e. The minimum absolute atomic E-state index is 0.0155. The van der Waals surface area contributed by atoms with Crippen LogP contribution in [-0.4, -0.2) is 73.9 Å². The molecule has 1 fully saturated rings. The molecule has 40 heavy (non-hydrogen) atoms. The number of nitrogens with zero attached hydrogens (tertiary/aromatic N) is 4. The van der Waals surface area contributed by atoms with Gasteiger partial charge in [0.2, 0.25) is 0 Å². The van der Waals surface area contributed by atoms with Gasteiger partial charge >= 0.3 is 6.61 Å². The van der Waals surface area contributed by atoms with E-state index in [1.165, 1.54) is 6.07 Å². The van der Waals surface area contributed by atoms with Gasteiger partial charge in [-0.2, -0.15) is 8.78 Å². The van der Waals surface area contributed by atoms with Crippen molar-refractivity contribution in [2.45, 2.75) is 35.9 Å². The SMILES string of the molecule is BC(B)(B)N1C(=O)c2cccc(OC(F)F)c2[C@H]2C[C@@H]1c1nc3ccc(-c4ccc(C5(N)COC5)nc4)cc3n12. The molecule has 0 unspecified atom stereocenters. The van der Waals surface area contributed by atoms with E-state index in [2.05, 4.69) is 9.55 Å². The van der Waals surface area contributed by atoms with Crippen LogP contribution in [0.4, 0.5) is 8.78 Å². The van der Waals surface area contributed by atoms with E-state index in [1.54, 1.807) is 18.3 Å². The number of carbonyl (C=O) groups excluding carboxylic acids is 1. The maximum absolute atomic E-state index is 13.9. The first-order valence-corrected chi connectivity index (χ1v) is 13.3. The van der Waals surface area contributed by atoms with Gasteiger partial charge in [-0.05, 0) is 41.1 Å². The van der Waals surface area contributed by atoms with Crippen LogP contribution in [0.1, 0.15) is 45.9 Å². The first-order chi connectivity index (χ1) is 19.0. The van der Waals surface area contributed by atoms with E-state index in [0.29, 0.717) is 30.8 Å². The van der Waals surface area contributed by atoms with Crippen molar-refractivity contribution in [1.82, 2.24) is 19.4 Å². The number of pyridine rings is 1. The fourth-order valence-corrected chi connectivity index (χ4v) is 6.39. The molecule has 0 radical (unpaired) electrons. The van der Waals surface area contributed by atoms with Crippen LogP contribution in [0.25, 0.3) is 22.2 Å². The van der Waals surface area contributed by atoms with Gasteiger partial charge in [0.1, 0.15) is 40.7 Å². The Morgan fingerprint density at radius 3 is 2.52 bits per heavy atom. The summed E-state index contributed by atoms with van der Waals surface area (Å²) >= 11 is 0. The molecule has 2 aromatic carbocycles. The number of hydrogen-bond donors (Lipinski definition) is 1. The van der Waals surface area contributed by atoms with Crippen LogP contribution in [0.3, 0.4) is 0 Å². The molecule has 4 aromatic rings. The predicted molar refractivity (Wildman–Crippen MR) is 153 cm³/mol. The fourth-order valence-electron chi connectivity index (χ4n) is 6.39. The summed E-state index contributed by atoms with van der Waals surface area (Å²) in [5.41, 5.74) is 10.9. The molecular weight excluding hydrogens is 513 g/mol. The molecular formula is C27H26B3F2N5O3. The predicted octanol–water partition coefficient (Wildman–Crippen LogP) is 0.884. The zero-order valence-electron chi connectivity index (χ0n) is 22.4. The number of aromatic nitrogens is 3. The number of nitrogens with two attached hydrogens (primary N) is 1. The second-order valence-corrected chi connectivity index (χ2v) is 11.8. The van der Waals surface area contributed by atoms with Crippen LogP contribution in [0.5, 0.6) is 5.75 Å². The van der Waals surface area contributed by atoms with Crippen molar-refractivity contribution in [1.29, 1.82) is 0 Å². The van der Waals surface area contributed by atoms with E-state index < -0.39 is 23.4 Å². The molecule has 0 saturated carbocycles. The molecule has 5 heterocycles. The normalized spacial score (nSPS) is 21.2. The molecule has 2 N–H and O–H groups in total. The van der Waals surface area contributed by atoms with E-state index in [4.69, 9.17) is 20.2 Å². The Kier molecular flexibility index (Phi) is 5.47. The minimum atomic E-state index is -3.01. The Bertz CT molecular complexity index is 1670. The third-order valence-electron chi connectivity index (χ3n) is 8.20. The lowest BCUT2D eigenvalue weighted by molar-refractivity contribution is -0.0590. The zero-order chi connectivity index (χ0) is 28.0. The van der Waals surface area contributed by atoms with Gasteiger partial charge in [0, 0.05) is 29.3 Å². The first kappa shape index (κ1) is 25.3. The van der Waals surface area contributed by atoms with Crippen molar-refractivity contribution in [3.63, 3.8) is 0 Å². The van der Waals surface area contributed by atoms with Crippen molar-refractivity contribution >= 4 is 40.5 Å². The van der Waals surface area contributed by atoms with Gasteiger partial charge in [0.05, 0.1) is 42.0 Å². The molecule has 0 aliphatic carbocycles. The molecule has 8 nitrogen and oxygen atoms in total. The Morgan fingerprint density at radius 1 is 1.10 bits per heavy atom. The number of carbonyl (C=O) groups is 1. The summed E-state index contributed by atoms with van der Waals surface area (Å²) in [6.45, 7) is -2.12. The van der Waals surface area contributed by atoms with Gasteiger partial charge in [-0.1, -0.05) is 18.2 Å². The largest absolute Gasteiger partial charge is 0.434 e. The number of imidazole rings is 1. The number of ether oxygens (including phenoxy) is 2. The molecule has 2 aromatic heterocycles. The summed E-state index contributed by atoms with van der Waals surface area (Å²) in [5, 5.41) is -0.537. The number of amides is 1. The molecule has 1 saturated heterocycles. The Labute approximate surface area is 232 Å². The van der Waals surface area contributed by atoms with Crippen LogP contribution < -0.4 is 10.5 Å². The third kappa shape index (κ3) is 3.71. The number of hydrogen-bond acceptors (Lipinski definition) is 6. The van der Waals surface area contributed by atoms with Crippen LogP contribution in [-0.2, 0) is 10.3 Å². The Balaban J connectivity index is 1.40. The highest BCUT2D eigenvalue weighted by molar-refractivity contribution is 6.60. The van der Waals surface area contributed by atoms with E-state index in [9.17, 15) is 13.6 Å². The third-order valence-corrected chi connectivity index (χ3v) is 8.20. The summed E-state index contributed by atoms with van der Waals surface area (Å²) in [6.07, 6.45) is 2.32. The lowest BCUT2D eigenvalue weighted by Gasteiger charge is -2.40. The lowest BCUT2D eigenvalue weighted by Crippen LogP contribution is -2.54. The molecule has 0 spiro atoms. The van der Waals surface area contributed by atoms with Gasteiger partial charge < -0.3 is 24.7 Å². The summed E-state index contributed by atoms with van der Waals surface area (Å²) < 4.78 is 39.3.